The van der Waals surface area contributed by atoms with Crippen LogP contribution in [0.5, 0.6) is 0 Å². The Kier molecular flexibility index (Phi) is 6.01. The molecule has 0 saturated carbocycles. The van der Waals surface area contributed by atoms with Gasteiger partial charge in [0.25, 0.3) is 0 Å². The molecule has 1 atom stereocenters. The summed E-state index contributed by atoms with van der Waals surface area (Å²) in [6.45, 7) is 5.46. The van der Waals surface area contributed by atoms with Crippen LogP contribution in [0.3, 0.4) is 0 Å². The van der Waals surface area contributed by atoms with E-state index in [1.807, 2.05) is 11.8 Å². The number of rotatable bonds is 3. The molecule has 1 aliphatic heterocycles. The highest BCUT2D eigenvalue weighted by molar-refractivity contribution is 6.23. The molecule has 162 valence electrons. The SMILES string of the molecule is C[C@H](Cc1ccc2ccc3cccc4ccc1c2c34)OC(=O)N1CC[N+](C)(C)CC1.[I-]. The van der Waals surface area contributed by atoms with E-state index in [2.05, 4.69) is 68.7 Å². The summed E-state index contributed by atoms with van der Waals surface area (Å²) in [6, 6.07) is 19.7. The van der Waals surface area contributed by atoms with Crippen molar-refractivity contribution in [2.24, 2.45) is 0 Å². The first-order valence-corrected chi connectivity index (χ1v) is 10.8. The minimum Gasteiger partial charge on any atom is -1.00 e. The number of quaternary nitrogens is 1. The van der Waals surface area contributed by atoms with E-state index < -0.39 is 0 Å². The van der Waals surface area contributed by atoms with E-state index in [1.165, 1.54) is 37.9 Å². The Hall–Kier alpha value is -2.12. The average molecular weight is 528 g/mol. The highest BCUT2D eigenvalue weighted by Crippen LogP contribution is 2.36. The molecule has 1 amide bonds. The van der Waals surface area contributed by atoms with Gasteiger partial charge in [-0.1, -0.05) is 54.6 Å². The normalized spacial score (nSPS) is 17.1. The number of nitrogens with zero attached hydrogens (tertiary/aromatic N) is 2. The van der Waals surface area contributed by atoms with E-state index in [0.717, 1.165) is 37.1 Å². The molecular weight excluding hydrogens is 499 g/mol. The molecular formula is C26H29IN2O2. The van der Waals surface area contributed by atoms with E-state index in [0.29, 0.717) is 0 Å². The van der Waals surface area contributed by atoms with Gasteiger partial charge in [0.15, 0.2) is 0 Å². The molecule has 1 aliphatic rings. The maximum absolute atomic E-state index is 12.6. The van der Waals surface area contributed by atoms with Gasteiger partial charge in [0.1, 0.15) is 6.10 Å². The summed E-state index contributed by atoms with van der Waals surface area (Å²) in [6.07, 6.45) is 0.371. The standard InChI is InChI=1S/C26H29N2O2.HI/c1-18(30-26(29)27-13-15-28(2,3)16-14-27)17-22-10-9-21-8-7-19-5-4-6-20-11-12-23(22)25(21)24(19)20;/h4-12,18H,13-17H2,1-3H3;1H/q+1;/p-1/t18-;/m1./s1. The third-order valence-corrected chi connectivity index (χ3v) is 6.64. The van der Waals surface area contributed by atoms with Gasteiger partial charge in [-0.05, 0) is 44.8 Å². The zero-order valence-corrected chi connectivity index (χ0v) is 20.6. The molecule has 1 heterocycles. The molecule has 1 fully saturated rings. The van der Waals surface area contributed by atoms with E-state index in [1.54, 1.807) is 0 Å². The maximum atomic E-state index is 12.6. The van der Waals surface area contributed by atoms with Crippen molar-refractivity contribution in [3.05, 3.63) is 60.2 Å². The fraction of sp³-hybridized carbons (Fsp3) is 0.346. The van der Waals surface area contributed by atoms with Gasteiger partial charge in [-0.2, -0.15) is 0 Å². The molecule has 1 saturated heterocycles. The van der Waals surface area contributed by atoms with Gasteiger partial charge in [-0.25, -0.2) is 4.79 Å². The lowest BCUT2D eigenvalue weighted by molar-refractivity contribution is -0.894. The Morgan fingerprint density at radius 3 is 2.19 bits per heavy atom. The van der Waals surface area contributed by atoms with Crippen molar-refractivity contribution in [3.63, 3.8) is 0 Å². The summed E-state index contributed by atoms with van der Waals surface area (Å²) in [5.41, 5.74) is 1.23. The van der Waals surface area contributed by atoms with Gasteiger partial charge in [-0.3, -0.25) is 4.90 Å². The molecule has 4 nitrogen and oxygen atoms in total. The summed E-state index contributed by atoms with van der Waals surface area (Å²) in [4.78, 5) is 14.5. The molecule has 4 aromatic rings. The van der Waals surface area contributed by atoms with E-state index in [9.17, 15) is 4.79 Å². The van der Waals surface area contributed by atoms with Crippen molar-refractivity contribution in [2.45, 2.75) is 19.4 Å². The molecule has 0 radical (unpaired) electrons. The molecule has 4 aromatic carbocycles. The quantitative estimate of drug-likeness (QED) is 0.232. The molecule has 0 aliphatic carbocycles. The molecule has 0 unspecified atom stereocenters. The van der Waals surface area contributed by atoms with Crippen LogP contribution in [0.4, 0.5) is 4.79 Å². The molecule has 0 spiro atoms. The fourth-order valence-electron chi connectivity index (χ4n) is 4.76. The lowest BCUT2D eigenvalue weighted by atomic mass is 9.90. The van der Waals surface area contributed by atoms with E-state index >= 15 is 0 Å². The number of ether oxygens (including phenoxy) is 1. The van der Waals surface area contributed by atoms with Crippen LogP contribution in [0, 0.1) is 0 Å². The van der Waals surface area contributed by atoms with Crippen molar-refractivity contribution in [3.8, 4) is 0 Å². The first kappa shape index (κ1) is 22.1. The Labute approximate surface area is 200 Å². The number of halogens is 1. The number of amides is 1. The van der Waals surface area contributed by atoms with E-state index in [4.69, 9.17) is 4.74 Å². The third kappa shape index (κ3) is 4.17. The number of likely N-dealkylation sites (N-methyl/N-ethyl adjacent to an activating group) is 1. The lowest BCUT2D eigenvalue weighted by Gasteiger charge is -2.38. The molecule has 5 heteroatoms. The van der Waals surface area contributed by atoms with Crippen LogP contribution in [-0.4, -0.2) is 61.9 Å². The van der Waals surface area contributed by atoms with Crippen molar-refractivity contribution in [2.75, 3.05) is 40.3 Å². The zero-order valence-electron chi connectivity index (χ0n) is 18.4. The number of hydrogen-bond acceptors (Lipinski definition) is 2. The van der Waals surface area contributed by atoms with Crippen LogP contribution < -0.4 is 24.0 Å². The molecule has 31 heavy (non-hydrogen) atoms. The van der Waals surface area contributed by atoms with Gasteiger partial charge in [0, 0.05) is 6.42 Å². The van der Waals surface area contributed by atoms with Crippen LogP contribution in [-0.2, 0) is 11.2 Å². The second-order valence-corrected chi connectivity index (χ2v) is 9.35. The largest absolute Gasteiger partial charge is 1.00 e. The Morgan fingerprint density at radius 2 is 1.52 bits per heavy atom. The number of carbonyl (C=O) groups excluding carboxylic acids is 1. The fourth-order valence-corrected chi connectivity index (χ4v) is 4.76. The maximum Gasteiger partial charge on any atom is 0.410 e. The van der Waals surface area contributed by atoms with Crippen LogP contribution in [0.25, 0.3) is 32.3 Å². The van der Waals surface area contributed by atoms with Crippen molar-refractivity contribution in [1.82, 2.24) is 4.90 Å². The van der Waals surface area contributed by atoms with Crippen molar-refractivity contribution in [1.29, 1.82) is 0 Å². The average Bonchev–Trinajstić information content (AvgIpc) is 2.73. The summed E-state index contributed by atoms with van der Waals surface area (Å²) in [5, 5.41) is 7.71. The highest BCUT2D eigenvalue weighted by atomic mass is 127. The van der Waals surface area contributed by atoms with Gasteiger partial charge < -0.3 is 33.2 Å². The lowest BCUT2D eigenvalue weighted by Crippen LogP contribution is -3.00. The number of hydrogen-bond donors (Lipinski definition) is 0. The second kappa shape index (κ2) is 8.43. The predicted octanol–water partition coefficient (Wildman–Crippen LogP) is 2.05. The van der Waals surface area contributed by atoms with Gasteiger partial charge >= 0.3 is 6.09 Å². The van der Waals surface area contributed by atoms with Gasteiger partial charge in [-0.15, -0.1) is 0 Å². The van der Waals surface area contributed by atoms with Crippen molar-refractivity contribution >= 4 is 38.4 Å². The minimum atomic E-state index is -0.181. The summed E-state index contributed by atoms with van der Waals surface area (Å²) >= 11 is 0. The van der Waals surface area contributed by atoms with Crippen molar-refractivity contribution < 1.29 is 38.0 Å². The number of benzene rings is 4. The summed E-state index contributed by atoms with van der Waals surface area (Å²) < 4.78 is 6.79. The van der Waals surface area contributed by atoms with Gasteiger partial charge in [0.2, 0.25) is 0 Å². The first-order valence-electron chi connectivity index (χ1n) is 10.8. The van der Waals surface area contributed by atoms with Crippen LogP contribution >= 0.6 is 0 Å². The number of carbonyl (C=O) groups is 1. The zero-order chi connectivity index (χ0) is 20.9. The minimum absolute atomic E-state index is 0. The molecule has 0 bridgehead atoms. The van der Waals surface area contributed by atoms with Crippen LogP contribution in [0.2, 0.25) is 0 Å². The monoisotopic (exact) mass is 528 g/mol. The molecule has 0 N–H and O–H groups in total. The smallest absolute Gasteiger partial charge is 0.410 e. The predicted molar refractivity (Wildman–Crippen MR) is 123 cm³/mol. The van der Waals surface area contributed by atoms with E-state index in [-0.39, 0.29) is 36.2 Å². The molecule has 0 aromatic heterocycles. The second-order valence-electron chi connectivity index (χ2n) is 9.35. The van der Waals surface area contributed by atoms with Crippen LogP contribution in [0.1, 0.15) is 12.5 Å². The topological polar surface area (TPSA) is 29.5 Å². The Balaban J connectivity index is 0.00000231. The Morgan fingerprint density at radius 1 is 0.935 bits per heavy atom. The molecule has 5 rings (SSSR count). The summed E-state index contributed by atoms with van der Waals surface area (Å²) in [5.74, 6) is 0. The first-order chi connectivity index (χ1) is 14.4. The summed E-state index contributed by atoms with van der Waals surface area (Å²) in [7, 11) is 4.42. The van der Waals surface area contributed by atoms with Gasteiger partial charge in [0.05, 0.1) is 40.3 Å². The third-order valence-electron chi connectivity index (χ3n) is 6.64. The van der Waals surface area contributed by atoms with Crippen LogP contribution in [0.15, 0.2) is 54.6 Å². The highest BCUT2D eigenvalue weighted by Gasteiger charge is 2.29. The Bertz CT molecular complexity index is 1210. The number of piperazine rings is 1.